The minimum Gasteiger partial charge on any atom is -0.465 e. The van der Waals surface area contributed by atoms with Crippen molar-refractivity contribution in [2.45, 2.75) is 51.9 Å². The normalized spacial score (nSPS) is 37.2. The molecule has 0 aromatic rings. The number of esters is 1. The Bertz CT molecular complexity index is 323. The molecule has 0 heterocycles. The number of hydrogen-bond acceptors (Lipinski definition) is 4. The van der Waals surface area contributed by atoms with E-state index in [9.17, 15) is 9.90 Å². The van der Waals surface area contributed by atoms with Crippen molar-refractivity contribution in [3.63, 3.8) is 0 Å². The highest BCUT2D eigenvalue weighted by atomic mass is 16.5. The van der Waals surface area contributed by atoms with Crippen molar-refractivity contribution in [2.75, 3.05) is 19.8 Å². The predicted octanol–water partition coefficient (Wildman–Crippen LogP) is 2.37. The first kappa shape index (κ1) is 16.8. The SMILES string of the molecule is C[C@H]1CC(CO)CCC1C(=O)OCC1CCC(CO)CC1. The number of rotatable bonds is 5. The highest BCUT2D eigenvalue weighted by molar-refractivity contribution is 5.72. The van der Waals surface area contributed by atoms with Gasteiger partial charge in [0.15, 0.2) is 0 Å². The molecule has 21 heavy (non-hydrogen) atoms. The minimum absolute atomic E-state index is 0.0154. The van der Waals surface area contributed by atoms with Crippen LogP contribution in [0.1, 0.15) is 51.9 Å². The molecule has 2 rings (SSSR count). The predicted molar refractivity (Wildman–Crippen MR) is 80.6 cm³/mol. The fourth-order valence-corrected chi connectivity index (χ4v) is 3.91. The van der Waals surface area contributed by atoms with E-state index in [1.54, 1.807) is 0 Å². The van der Waals surface area contributed by atoms with Gasteiger partial charge in [-0.15, -0.1) is 0 Å². The van der Waals surface area contributed by atoms with E-state index in [0.717, 1.165) is 44.9 Å². The van der Waals surface area contributed by atoms with Gasteiger partial charge >= 0.3 is 5.97 Å². The topological polar surface area (TPSA) is 66.8 Å². The van der Waals surface area contributed by atoms with Crippen molar-refractivity contribution in [1.29, 1.82) is 0 Å². The van der Waals surface area contributed by atoms with Crippen LogP contribution in [0.3, 0.4) is 0 Å². The third-order valence-corrected chi connectivity index (χ3v) is 5.52. The van der Waals surface area contributed by atoms with Crippen molar-refractivity contribution in [3.05, 3.63) is 0 Å². The van der Waals surface area contributed by atoms with E-state index < -0.39 is 0 Å². The summed E-state index contributed by atoms with van der Waals surface area (Å²) in [5, 5.41) is 18.3. The molecule has 0 spiro atoms. The number of hydrogen-bond donors (Lipinski definition) is 2. The van der Waals surface area contributed by atoms with Gasteiger partial charge in [-0.05, 0) is 68.6 Å². The summed E-state index contributed by atoms with van der Waals surface area (Å²) in [5.74, 6) is 1.57. The Morgan fingerprint density at radius 1 is 0.952 bits per heavy atom. The number of aliphatic hydroxyl groups is 2. The van der Waals surface area contributed by atoms with Gasteiger partial charge < -0.3 is 14.9 Å². The van der Waals surface area contributed by atoms with Crippen LogP contribution in [0.15, 0.2) is 0 Å². The molecular formula is C17H30O4. The third kappa shape index (κ3) is 4.68. The van der Waals surface area contributed by atoms with Gasteiger partial charge in [0.25, 0.3) is 0 Å². The van der Waals surface area contributed by atoms with Gasteiger partial charge in [-0.2, -0.15) is 0 Å². The van der Waals surface area contributed by atoms with Crippen molar-refractivity contribution in [1.82, 2.24) is 0 Å². The quantitative estimate of drug-likeness (QED) is 0.765. The maximum atomic E-state index is 12.2. The van der Waals surface area contributed by atoms with Crippen LogP contribution in [0.5, 0.6) is 0 Å². The highest BCUT2D eigenvalue weighted by Crippen LogP contribution is 2.35. The second kappa shape index (κ2) is 8.14. The zero-order chi connectivity index (χ0) is 15.2. The molecule has 4 nitrogen and oxygen atoms in total. The second-order valence-electron chi connectivity index (χ2n) is 7.14. The zero-order valence-electron chi connectivity index (χ0n) is 13.2. The van der Waals surface area contributed by atoms with Crippen LogP contribution in [0.25, 0.3) is 0 Å². The van der Waals surface area contributed by atoms with Gasteiger partial charge in [0, 0.05) is 13.2 Å². The molecule has 2 aliphatic carbocycles. The van der Waals surface area contributed by atoms with Gasteiger partial charge in [0.05, 0.1) is 12.5 Å². The van der Waals surface area contributed by atoms with Crippen molar-refractivity contribution < 1.29 is 19.7 Å². The zero-order valence-corrected chi connectivity index (χ0v) is 13.2. The van der Waals surface area contributed by atoms with Gasteiger partial charge in [-0.25, -0.2) is 0 Å². The molecule has 2 aliphatic rings. The monoisotopic (exact) mass is 298 g/mol. The lowest BCUT2D eigenvalue weighted by Gasteiger charge is -2.32. The Labute approximate surface area is 127 Å². The Morgan fingerprint density at radius 3 is 2.10 bits per heavy atom. The molecule has 0 aromatic carbocycles. The smallest absolute Gasteiger partial charge is 0.309 e. The molecule has 2 fully saturated rings. The lowest BCUT2D eigenvalue weighted by molar-refractivity contribution is -0.154. The fraction of sp³-hybridized carbons (Fsp3) is 0.941. The standard InChI is InChI=1S/C17H30O4/c1-12-8-15(10-19)6-7-16(12)17(20)21-11-14-4-2-13(9-18)3-5-14/h12-16,18-19H,2-11H2,1H3/t12-,13?,14?,15?,16?/m0/s1. The van der Waals surface area contributed by atoms with Crippen LogP contribution >= 0.6 is 0 Å². The van der Waals surface area contributed by atoms with Crippen LogP contribution in [0.2, 0.25) is 0 Å². The van der Waals surface area contributed by atoms with E-state index >= 15 is 0 Å². The summed E-state index contributed by atoms with van der Waals surface area (Å²) in [6, 6.07) is 0. The Hall–Kier alpha value is -0.610. The molecule has 2 unspecified atom stereocenters. The summed E-state index contributed by atoms with van der Waals surface area (Å²) in [6.45, 7) is 3.17. The van der Waals surface area contributed by atoms with E-state index in [1.807, 2.05) is 0 Å². The molecule has 2 N–H and O–H groups in total. The fourth-order valence-electron chi connectivity index (χ4n) is 3.91. The van der Waals surface area contributed by atoms with Crippen LogP contribution in [-0.4, -0.2) is 36.0 Å². The van der Waals surface area contributed by atoms with Gasteiger partial charge in [-0.3, -0.25) is 4.79 Å². The average Bonchev–Trinajstić information content (AvgIpc) is 2.52. The molecule has 0 radical (unpaired) electrons. The van der Waals surface area contributed by atoms with E-state index in [4.69, 9.17) is 9.84 Å². The lowest BCUT2D eigenvalue weighted by atomic mass is 9.75. The Morgan fingerprint density at radius 2 is 1.52 bits per heavy atom. The first-order valence-electron chi connectivity index (χ1n) is 8.52. The Kier molecular flexibility index (Phi) is 6.49. The molecule has 0 aliphatic heterocycles. The van der Waals surface area contributed by atoms with Crippen LogP contribution < -0.4 is 0 Å². The van der Waals surface area contributed by atoms with Gasteiger partial charge in [0.1, 0.15) is 0 Å². The molecular weight excluding hydrogens is 268 g/mol. The van der Waals surface area contributed by atoms with Crippen LogP contribution in [-0.2, 0) is 9.53 Å². The molecule has 4 heteroatoms. The summed E-state index contributed by atoms with van der Waals surface area (Å²) in [7, 11) is 0. The molecule has 0 amide bonds. The number of carbonyl (C=O) groups excluding carboxylic acids is 1. The largest absolute Gasteiger partial charge is 0.465 e. The van der Waals surface area contributed by atoms with E-state index in [1.165, 1.54) is 0 Å². The molecule has 0 bridgehead atoms. The van der Waals surface area contributed by atoms with Crippen LogP contribution in [0.4, 0.5) is 0 Å². The number of aliphatic hydroxyl groups excluding tert-OH is 2. The van der Waals surface area contributed by atoms with Crippen molar-refractivity contribution >= 4 is 5.97 Å². The maximum Gasteiger partial charge on any atom is 0.309 e. The molecule has 122 valence electrons. The van der Waals surface area contributed by atoms with E-state index in [-0.39, 0.29) is 25.1 Å². The van der Waals surface area contributed by atoms with Gasteiger partial charge in [-0.1, -0.05) is 6.92 Å². The number of ether oxygens (including phenoxy) is 1. The summed E-state index contributed by atoms with van der Waals surface area (Å²) in [5.41, 5.74) is 0. The first-order chi connectivity index (χ1) is 10.1. The highest BCUT2D eigenvalue weighted by Gasteiger charge is 2.33. The second-order valence-corrected chi connectivity index (χ2v) is 7.14. The summed E-state index contributed by atoms with van der Waals surface area (Å²) < 4.78 is 5.57. The van der Waals surface area contributed by atoms with E-state index in [0.29, 0.717) is 30.3 Å². The molecule has 0 saturated heterocycles. The summed E-state index contributed by atoms with van der Waals surface area (Å²) in [4.78, 5) is 12.2. The summed E-state index contributed by atoms with van der Waals surface area (Å²) in [6.07, 6.45) is 6.94. The molecule has 2 saturated carbocycles. The van der Waals surface area contributed by atoms with Crippen molar-refractivity contribution in [2.24, 2.45) is 29.6 Å². The Balaban J connectivity index is 1.70. The average molecular weight is 298 g/mol. The first-order valence-corrected chi connectivity index (χ1v) is 8.52. The van der Waals surface area contributed by atoms with Gasteiger partial charge in [0.2, 0.25) is 0 Å². The lowest BCUT2D eigenvalue weighted by Crippen LogP contribution is -2.32. The molecule has 3 atom stereocenters. The molecule has 0 aromatic heterocycles. The third-order valence-electron chi connectivity index (χ3n) is 5.52. The number of carbonyl (C=O) groups is 1. The van der Waals surface area contributed by atoms with E-state index in [2.05, 4.69) is 6.92 Å². The van der Waals surface area contributed by atoms with Crippen LogP contribution in [0, 0.1) is 29.6 Å². The maximum absolute atomic E-state index is 12.2. The van der Waals surface area contributed by atoms with Crippen molar-refractivity contribution in [3.8, 4) is 0 Å². The minimum atomic E-state index is -0.0387. The summed E-state index contributed by atoms with van der Waals surface area (Å²) >= 11 is 0.